The molecule has 2 rings (SSSR count). The minimum Gasteiger partial charge on any atom is -0.466 e. The molecule has 0 N–H and O–H groups in total. The van der Waals surface area contributed by atoms with Gasteiger partial charge in [0.05, 0.1) is 26.1 Å². The highest BCUT2D eigenvalue weighted by Gasteiger charge is 2.10. The summed E-state index contributed by atoms with van der Waals surface area (Å²) in [7, 11) is 0. The first-order valence-electron chi connectivity index (χ1n) is 8.12. The summed E-state index contributed by atoms with van der Waals surface area (Å²) in [5.41, 5.74) is 3.82. The second kappa shape index (κ2) is 8.87. The number of carbonyl (C=O) groups excluding carboxylic acids is 2. The Labute approximate surface area is 142 Å². The molecule has 0 aliphatic rings. The summed E-state index contributed by atoms with van der Waals surface area (Å²) in [6.07, 6.45) is 0.507. The molecule has 2 aromatic rings. The lowest BCUT2D eigenvalue weighted by Crippen LogP contribution is -2.08. The third kappa shape index (κ3) is 4.95. The standard InChI is InChI=1S/C20H22O4/c1-3-23-19(21)13-15-9-11-16(12-10-15)18-8-6-5-7-17(18)14-20(22)24-4-2/h5-12H,3-4,13-14H2,1-2H3. The number of esters is 2. The van der Waals surface area contributed by atoms with Gasteiger partial charge in [0.25, 0.3) is 0 Å². The van der Waals surface area contributed by atoms with Crippen LogP contribution in [-0.4, -0.2) is 25.2 Å². The lowest BCUT2D eigenvalue weighted by atomic mass is 9.96. The van der Waals surface area contributed by atoms with Crippen molar-refractivity contribution in [2.75, 3.05) is 13.2 Å². The minimum atomic E-state index is -0.233. The highest BCUT2D eigenvalue weighted by atomic mass is 16.5. The van der Waals surface area contributed by atoms with Gasteiger partial charge in [0.1, 0.15) is 0 Å². The molecule has 0 aliphatic heterocycles. The Hall–Kier alpha value is -2.62. The summed E-state index contributed by atoms with van der Waals surface area (Å²) >= 11 is 0. The van der Waals surface area contributed by atoms with Crippen LogP contribution in [-0.2, 0) is 31.9 Å². The summed E-state index contributed by atoms with van der Waals surface area (Å²) in [5.74, 6) is -0.461. The second-order valence-corrected chi connectivity index (χ2v) is 5.32. The van der Waals surface area contributed by atoms with Crippen LogP contribution in [0.25, 0.3) is 11.1 Å². The van der Waals surface area contributed by atoms with E-state index in [0.29, 0.717) is 13.2 Å². The van der Waals surface area contributed by atoms with Crippen molar-refractivity contribution in [2.24, 2.45) is 0 Å². The van der Waals surface area contributed by atoms with Gasteiger partial charge in [-0.05, 0) is 36.1 Å². The monoisotopic (exact) mass is 326 g/mol. The maximum absolute atomic E-state index is 11.8. The molecule has 0 atom stereocenters. The van der Waals surface area contributed by atoms with Gasteiger partial charge < -0.3 is 9.47 Å². The van der Waals surface area contributed by atoms with E-state index in [1.807, 2.05) is 48.5 Å². The van der Waals surface area contributed by atoms with Gasteiger partial charge in [0, 0.05) is 0 Å². The van der Waals surface area contributed by atoms with Gasteiger partial charge in [-0.25, -0.2) is 0 Å². The molecule has 0 aliphatic carbocycles. The fourth-order valence-corrected chi connectivity index (χ4v) is 2.50. The Bertz CT molecular complexity index is 689. The summed E-state index contributed by atoms with van der Waals surface area (Å²) < 4.78 is 9.99. The van der Waals surface area contributed by atoms with Gasteiger partial charge in [-0.1, -0.05) is 48.5 Å². The van der Waals surface area contributed by atoms with E-state index in [1.165, 1.54) is 0 Å². The van der Waals surface area contributed by atoms with Crippen LogP contribution in [0.1, 0.15) is 25.0 Å². The Balaban J connectivity index is 2.17. The van der Waals surface area contributed by atoms with Crippen molar-refractivity contribution in [2.45, 2.75) is 26.7 Å². The summed E-state index contributed by atoms with van der Waals surface area (Å²) in [5, 5.41) is 0. The molecule has 0 bridgehead atoms. The van der Waals surface area contributed by atoms with E-state index in [-0.39, 0.29) is 24.8 Å². The minimum absolute atomic E-state index is 0.229. The zero-order valence-electron chi connectivity index (χ0n) is 14.1. The first-order chi connectivity index (χ1) is 11.6. The smallest absolute Gasteiger partial charge is 0.310 e. The Morgan fingerprint density at radius 2 is 1.38 bits per heavy atom. The molecule has 0 fully saturated rings. The largest absolute Gasteiger partial charge is 0.466 e. The maximum Gasteiger partial charge on any atom is 0.310 e. The van der Waals surface area contributed by atoms with E-state index in [0.717, 1.165) is 22.3 Å². The lowest BCUT2D eigenvalue weighted by Gasteiger charge is -2.10. The number of carbonyl (C=O) groups is 2. The molecule has 2 aromatic carbocycles. The van der Waals surface area contributed by atoms with Gasteiger partial charge in [-0.2, -0.15) is 0 Å². The predicted molar refractivity (Wildman–Crippen MR) is 92.6 cm³/mol. The summed E-state index contributed by atoms with van der Waals surface area (Å²) in [6.45, 7) is 4.36. The zero-order chi connectivity index (χ0) is 17.4. The van der Waals surface area contributed by atoms with Crippen LogP contribution in [0, 0.1) is 0 Å². The van der Waals surface area contributed by atoms with Crippen LogP contribution in [0.3, 0.4) is 0 Å². The number of rotatable bonds is 7. The van der Waals surface area contributed by atoms with Gasteiger partial charge in [-0.3, -0.25) is 9.59 Å². The summed E-state index contributed by atoms with van der Waals surface area (Å²) in [4.78, 5) is 23.3. The van der Waals surface area contributed by atoms with Crippen LogP contribution in [0.15, 0.2) is 48.5 Å². The fraction of sp³-hybridized carbons (Fsp3) is 0.300. The van der Waals surface area contributed by atoms with Crippen molar-refractivity contribution >= 4 is 11.9 Å². The second-order valence-electron chi connectivity index (χ2n) is 5.32. The van der Waals surface area contributed by atoms with E-state index in [1.54, 1.807) is 13.8 Å². The Morgan fingerprint density at radius 1 is 0.792 bits per heavy atom. The van der Waals surface area contributed by atoms with E-state index in [4.69, 9.17) is 9.47 Å². The quantitative estimate of drug-likeness (QED) is 0.730. The molecule has 0 unspecified atom stereocenters. The van der Waals surface area contributed by atoms with Crippen molar-refractivity contribution in [3.63, 3.8) is 0 Å². The molecule has 0 amide bonds. The van der Waals surface area contributed by atoms with E-state index in [2.05, 4.69) is 0 Å². The molecular weight excluding hydrogens is 304 g/mol. The van der Waals surface area contributed by atoms with Crippen LogP contribution in [0.2, 0.25) is 0 Å². The molecule has 0 heterocycles. The molecule has 4 nitrogen and oxygen atoms in total. The van der Waals surface area contributed by atoms with Crippen molar-refractivity contribution < 1.29 is 19.1 Å². The summed E-state index contributed by atoms with van der Waals surface area (Å²) in [6, 6.07) is 15.5. The maximum atomic E-state index is 11.8. The van der Waals surface area contributed by atoms with Crippen molar-refractivity contribution in [1.29, 1.82) is 0 Å². The van der Waals surface area contributed by atoms with Gasteiger partial charge >= 0.3 is 11.9 Å². The SMILES string of the molecule is CCOC(=O)Cc1ccc(-c2ccccc2CC(=O)OCC)cc1. The molecule has 0 saturated heterocycles. The highest BCUT2D eigenvalue weighted by Crippen LogP contribution is 2.25. The molecule has 24 heavy (non-hydrogen) atoms. The molecule has 0 radical (unpaired) electrons. The average molecular weight is 326 g/mol. The topological polar surface area (TPSA) is 52.6 Å². The Morgan fingerprint density at radius 3 is 2.00 bits per heavy atom. The number of benzene rings is 2. The zero-order valence-corrected chi connectivity index (χ0v) is 14.1. The first kappa shape index (κ1) is 17.7. The number of ether oxygens (including phenoxy) is 2. The number of hydrogen-bond donors (Lipinski definition) is 0. The third-order valence-electron chi connectivity index (χ3n) is 3.58. The number of hydrogen-bond acceptors (Lipinski definition) is 4. The molecule has 0 saturated carbocycles. The average Bonchev–Trinajstić information content (AvgIpc) is 2.56. The third-order valence-corrected chi connectivity index (χ3v) is 3.58. The van der Waals surface area contributed by atoms with Gasteiger partial charge in [0.15, 0.2) is 0 Å². The normalized spacial score (nSPS) is 10.2. The molecule has 4 heteroatoms. The van der Waals surface area contributed by atoms with E-state index < -0.39 is 0 Å². The van der Waals surface area contributed by atoms with Crippen molar-refractivity contribution in [1.82, 2.24) is 0 Å². The van der Waals surface area contributed by atoms with Crippen molar-refractivity contribution in [3.8, 4) is 11.1 Å². The molecule has 0 spiro atoms. The van der Waals surface area contributed by atoms with Gasteiger partial charge in [0.2, 0.25) is 0 Å². The molecular formula is C20H22O4. The van der Waals surface area contributed by atoms with E-state index >= 15 is 0 Å². The van der Waals surface area contributed by atoms with Crippen LogP contribution in [0.4, 0.5) is 0 Å². The predicted octanol–water partition coefficient (Wildman–Crippen LogP) is 3.56. The van der Waals surface area contributed by atoms with Crippen LogP contribution >= 0.6 is 0 Å². The highest BCUT2D eigenvalue weighted by molar-refractivity contribution is 5.78. The van der Waals surface area contributed by atoms with Gasteiger partial charge in [-0.15, -0.1) is 0 Å². The molecule has 0 aromatic heterocycles. The van der Waals surface area contributed by atoms with Crippen LogP contribution < -0.4 is 0 Å². The lowest BCUT2D eigenvalue weighted by molar-refractivity contribution is -0.143. The van der Waals surface area contributed by atoms with Crippen molar-refractivity contribution in [3.05, 3.63) is 59.7 Å². The molecule has 126 valence electrons. The van der Waals surface area contributed by atoms with Crippen LogP contribution in [0.5, 0.6) is 0 Å². The fourth-order valence-electron chi connectivity index (χ4n) is 2.50. The Kier molecular flexibility index (Phi) is 6.55. The first-order valence-corrected chi connectivity index (χ1v) is 8.12. The van der Waals surface area contributed by atoms with E-state index in [9.17, 15) is 9.59 Å².